The van der Waals surface area contributed by atoms with Gasteiger partial charge < -0.3 is 5.32 Å². The van der Waals surface area contributed by atoms with E-state index in [0.29, 0.717) is 18.7 Å². The molecule has 1 amide bonds. The topological polar surface area (TPSA) is 66.5 Å². The zero-order chi connectivity index (χ0) is 19.4. The Morgan fingerprint density at radius 2 is 1.93 bits per heavy atom. The molecule has 3 rings (SSSR count). The summed E-state index contributed by atoms with van der Waals surface area (Å²) in [7, 11) is -3.17. The smallest absolute Gasteiger partial charge is 0.248 e. The van der Waals surface area contributed by atoms with Crippen LogP contribution in [0, 0.1) is 6.92 Å². The zero-order valence-electron chi connectivity index (χ0n) is 15.6. The van der Waals surface area contributed by atoms with E-state index in [1.54, 1.807) is 18.2 Å². The van der Waals surface area contributed by atoms with Crippen LogP contribution in [0.25, 0.3) is 6.08 Å². The zero-order valence-corrected chi connectivity index (χ0v) is 16.4. The number of carbonyl (C=O) groups excluding carboxylic acids is 1. The molecule has 1 aliphatic rings. The average Bonchev–Trinajstić information content (AvgIpc) is 3.01. The van der Waals surface area contributed by atoms with E-state index >= 15 is 0 Å². The van der Waals surface area contributed by atoms with Crippen molar-refractivity contribution < 1.29 is 13.2 Å². The minimum Gasteiger partial charge on any atom is -0.322 e. The second kappa shape index (κ2) is 7.96. The number of hydrogen-bond donors (Lipinski definition) is 1. The minimum atomic E-state index is -3.17. The number of carbonyl (C=O) groups is 1. The van der Waals surface area contributed by atoms with Gasteiger partial charge in [-0.1, -0.05) is 37.3 Å². The maximum absolute atomic E-state index is 12.3. The lowest BCUT2D eigenvalue weighted by molar-refractivity contribution is -0.111. The van der Waals surface area contributed by atoms with Crippen molar-refractivity contribution in [1.82, 2.24) is 0 Å². The van der Waals surface area contributed by atoms with Crippen molar-refractivity contribution in [3.8, 4) is 0 Å². The van der Waals surface area contributed by atoms with E-state index in [-0.39, 0.29) is 11.7 Å². The molecule has 0 aromatic heterocycles. The number of amides is 1. The molecule has 5 nitrogen and oxygen atoms in total. The van der Waals surface area contributed by atoms with E-state index in [0.717, 1.165) is 28.8 Å². The Bertz CT molecular complexity index is 963. The molecule has 0 atom stereocenters. The lowest BCUT2D eigenvalue weighted by Crippen LogP contribution is -2.24. The number of aryl methyl sites for hydroxylation is 2. The Morgan fingerprint density at radius 1 is 1.19 bits per heavy atom. The van der Waals surface area contributed by atoms with Crippen LogP contribution in [-0.4, -0.2) is 26.6 Å². The highest BCUT2D eigenvalue weighted by Crippen LogP contribution is 2.24. The Hall–Kier alpha value is -2.60. The minimum absolute atomic E-state index is 0.190. The van der Waals surface area contributed by atoms with Crippen molar-refractivity contribution >= 4 is 33.4 Å². The molecule has 0 radical (unpaired) electrons. The van der Waals surface area contributed by atoms with Gasteiger partial charge in [0.25, 0.3) is 0 Å². The number of sulfonamides is 1. The van der Waals surface area contributed by atoms with Gasteiger partial charge in [0.2, 0.25) is 15.9 Å². The van der Waals surface area contributed by atoms with Crippen LogP contribution in [0.2, 0.25) is 0 Å². The normalized spacial score (nSPS) is 16.0. The first-order valence-electron chi connectivity index (χ1n) is 9.09. The van der Waals surface area contributed by atoms with Crippen molar-refractivity contribution in [3.05, 3.63) is 65.2 Å². The summed E-state index contributed by atoms with van der Waals surface area (Å²) in [4.78, 5) is 12.3. The quantitative estimate of drug-likeness (QED) is 0.799. The van der Waals surface area contributed by atoms with Crippen molar-refractivity contribution in [1.29, 1.82) is 0 Å². The van der Waals surface area contributed by atoms with Gasteiger partial charge in [-0.15, -0.1) is 0 Å². The first kappa shape index (κ1) is 19.2. The second-order valence-corrected chi connectivity index (χ2v) is 8.63. The molecule has 0 unspecified atom stereocenters. The first-order valence-corrected chi connectivity index (χ1v) is 10.7. The molecule has 1 N–H and O–H groups in total. The molecule has 0 aliphatic carbocycles. The van der Waals surface area contributed by atoms with E-state index in [1.807, 2.05) is 37.3 Å². The van der Waals surface area contributed by atoms with Gasteiger partial charge in [-0.2, -0.15) is 0 Å². The van der Waals surface area contributed by atoms with Gasteiger partial charge >= 0.3 is 0 Å². The molecule has 27 heavy (non-hydrogen) atoms. The number of benzene rings is 2. The molecular formula is C21H24N2O3S. The molecule has 0 spiro atoms. The van der Waals surface area contributed by atoms with Crippen molar-refractivity contribution in [2.45, 2.75) is 26.7 Å². The lowest BCUT2D eigenvalue weighted by Gasteiger charge is -2.16. The van der Waals surface area contributed by atoms with E-state index < -0.39 is 10.0 Å². The van der Waals surface area contributed by atoms with E-state index in [2.05, 4.69) is 12.2 Å². The summed E-state index contributed by atoms with van der Waals surface area (Å²) in [5.41, 5.74) is 4.51. The fourth-order valence-electron chi connectivity index (χ4n) is 3.22. The van der Waals surface area contributed by atoms with Gasteiger partial charge in [0.05, 0.1) is 11.4 Å². The molecule has 0 saturated carbocycles. The van der Waals surface area contributed by atoms with Gasteiger partial charge in [-0.25, -0.2) is 8.42 Å². The third-order valence-electron chi connectivity index (χ3n) is 4.70. The first-order chi connectivity index (χ1) is 12.9. The highest BCUT2D eigenvalue weighted by molar-refractivity contribution is 7.93. The average molecular weight is 385 g/mol. The lowest BCUT2D eigenvalue weighted by atomic mass is 10.1. The number of nitrogens with zero attached hydrogens (tertiary/aromatic N) is 1. The maximum Gasteiger partial charge on any atom is 0.248 e. The summed E-state index contributed by atoms with van der Waals surface area (Å²) >= 11 is 0. The predicted octanol–water partition coefficient (Wildman–Crippen LogP) is 3.75. The van der Waals surface area contributed by atoms with E-state index in [1.165, 1.54) is 10.4 Å². The second-order valence-electron chi connectivity index (χ2n) is 6.62. The summed E-state index contributed by atoms with van der Waals surface area (Å²) in [6.07, 6.45) is 4.72. The monoisotopic (exact) mass is 384 g/mol. The van der Waals surface area contributed by atoms with Crippen molar-refractivity contribution in [2.75, 3.05) is 21.9 Å². The summed E-state index contributed by atoms with van der Waals surface area (Å²) in [5.74, 6) is 0.0122. The van der Waals surface area contributed by atoms with Crippen LogP contribution in [0.3, 0.4) is 0 Å². The Balaban J connectivity index is 1.69. The number of para-hydroxylation sites is 1. The molecule has 1 aliphatic heterocycles. The van der Waals surface area contributed by atoms with Gasteiger partial charge in [0.15, 0.2) is 0 Å². The predicted molar refractivity (Wildman–Crippen MR) is 110 cm³/mol. The standard InChI is InChI=1S/C21H24N2O3S/c1-3-18-7-4-6-16(2)21(18)22-20(24)13-10-17-8-11-19(12-9-17)23-14-5-15-27(23,25)26/h4,6-13H,3,5,14-15H2,1-2H3,(H,22,24)/b13-10+. The van der Waals surface area contributed by atoms with Crippen LogP contribution in [0.15, 0.2) is 48.5 Å². The molecule has 1 saturated heterocycles. The molecule has 1 heterocycles. The Morgan fingerprint density at radius 3 is 2.56 bits per heavy atom. The number of nitrogens with one attached hydrogen (secondary N) is 1. The maximum atomic E-state index is 12.3. The van der Waals surface area contributed by atoms with Crippen LogP contribution in [0.1, 0.15) is 30.0 Å². The Labute approximate surface area is 160 Å². The molecule has 1 fully saturated rings. The van der Waals surface area contributed by atoms with Crippen molar-refractivity contribution in [2.24, 2.45) is 0 Å². The molecule has 142 valence electrons. The summed E-state index contributed by atoms with van der Waals surface area (Å²) < 4.78 is 25.4. The fourth-order valence-corrected chi connectivity index (χ4v) is 4.78. The Kier molecular flexibility index (Phi) is 5.65. The summed E-state index contributed by atoms with van der Waals surface area (Å²) in [6.45, 7) is 4.56. The largest absolute Gasteiger partial charge is 0.322 e. The van der Waals surface area contributed by atoms with Crippen LogP contribution in [-0.2, 0) is 21.2 Å². The molecule has 2 aromatic carbocycles. The van der Waals surface area contributed by atoms with Gasteiger partial charge in [-0.3, -0.25) is 9.10 Å². The molecular weight excluding hydrogens is 360 g/mol. The van der Waals surface area contributed by atoms with Crippen LogP contribution < -0.4 is 9.62 Å². The van der Waals surface area contributed by atoms with Gasteiger partial charge in [0, 0.05) is 18.3 Å². The van der Waals surface area contributed by atoms with Gasteiger partial charge in [0.1, 0.15) is 0 Å². The van der Waals surface area contributed by atoms with E-state index in [9.17, 15) is 13.2 Å². The number of rotatable bonds is 5. The summed E-state index contributed by atoms with van der Waals surface area (Å²) in [6, 6.07) is 13.2. The SMILES string of the molecule is CCc1cccc(C)c1NC(=O)/C=C/c1ccc(N2CCCS2(=O)=O)cc1. The van der Waals surface area contributed by atoms with Crippen LogP contribution in [0.5, 0.6) is 0 Å². The van der Waals surface area contributed by atoms with Gasteiger partial charge in [-0.05, 0) is 54.7 Å². The summed E-state index contributed by atoms with van der Waals surface area (Å²) in [5, 5.41) is 2.95. The third kappa shape index (κ3) is 4.39. The molecule has 0 bridgehead atoms. The van der Waals surface area contributed by atoms with Crippen LogP contribution in [0.4, 0.5) is 11.4 Å². The third-order valence-corrected chi connectivity index (χ3v) is 6.57. The number of anilines is 2. The van der Waals surface area contributed by atoms with Crippen LogP contribution >= 0.6 is 0 Å². The van der Waals surface area contributed by atoms with E-state index in [4.69, 9.17) is 0 Å². The highest BCUT2D eigenvalue weighted by Gasteiger charge is 2.28. The van der Waals surface area contributed by atoms with Crippen molar-refractivity contribution in [3.63, 3.8) is 0 Å². The highest BCUT2D eigenvalue weighted by atomic mass is 32.2. The molecule has 2 aromatic rings. The number of hydrogen-bond acceptors (Lipinski definition) is 3. The fraction of sp³-hybridized carbons (Fsp3) is 0.286. The molecule has 6 heteroatoms.